The standard InChI is InChI=1S/C14H13NO4S/c16-14(17)13(11-7-3-1-4-8-11)15-20(18,19)12-9-5-2-6-10-12/h1-10,13,15H,(H,16,17)/p-1/t13-/m0/s1. The van der Waals surface area contributed by atoms with Crippen LogP contribution in [0.4, 0.5) is 0 Å². The van der Waals surface area contributed by atoms with Crippen molar-refractivity contribution in [3.8, 4) is 0 Å². The molecule has 2 aromatic rings. The van der Waals surface area contributed by atoms with Crippen LogP contribution in [0, 0.1) is 0 Å². The van der Waals surface area contributed by atoms with Gasteiger partial charge in [-0.3, -0.25) is 0 Å². The summed E-state index contributed by atoms with van der Waals surface area (Å²) in [4.78, 5) is 11.2. The van der Waals surface area contributed by atoms with Gasteiger partial charge in [0.2, 0.25) is 10.0 Å². The number of carbonyl (C=O) groups is 1. The highest BCUT2D eigenvalue weighted by Crippen LogP contribution is 2.16. The van der Waals surface area contributed by atoms with Crippen LogP contribution in [0.1, 0.15) is 11.6 Å². The van der Waals surface area contributed by atoms with Gasteiger partial charge in [0, 0.05) is 0 Å². The van der Waals surface area contributed by atoms with E-state index in [1.54, 1.807) is 36.4 Å². The summed E-state index contributed by atoms with van der Waals surface area (Å²) in [6.07, 6.45) is 0. The van der Waals surface area contributed by atoms with E-state index in [0.29, 0.717) is 5.56 Å². The minimum Gasteiger partial charge on any atom is -0.548 e. The molecule has 0 spiro atoms. The fourth-order valence-corrected chi connectivity index (χ4v) is 2.91. The normalized spacial score (nSPS) is 12.8. The number of carbonyl (C=O) groups excluding carboxylic acids is 1. The molecule has 0 amide bonds. The van der Waals surface area contributed by atoms with Crippen LogP contribution >= 0.6 is 0 Å². The molecule has 0 aliphatic rings. The van der Waals surface area contributed by atoms with Gasteiger partial charge in [-0.25, -0.2) is 8.42 Å². The number of hydrogen-bond donors (Lipinski definition) is 1. The molecular weight excluding hydrogens is 278 g/mol. The van der Waals surface area contributed by atoms with Crippen molar-refractivity contribution < 1.29 is 18.3 Å². The van der Waals surface area contributed by atoms with Crippen LogP contribution in [-0.2, 0) is 14.8 Å². The number of carboxylic acids is 1. The Kier molecular flexibility index (Phi) is 4.16. The van der Waals surface area contributed by atoms with Crippen LogP contribution in [0.2, 0.25) is 0 Å². The number of carboxylic acid groups (broad SMARTS) is 1. The van der Waals surface area contributed by atoms with Crippen molar-refractivity contribution in [1.29, 1.82) is 0 Å². The first kappa shape index (κ1) is 14.2. The Morgan fingerprint density at radius 3 is 1.95 bits per heavy atom. The van der Waals surface area contributed by atoms with Crippen molar-refractivity contribution in [2.75, 3.05) is 0 Å². The summed E-state index contributed by atoms with van der Waals surface area (Å²) in [6, 6.07) is 14.1. The largest absolute Gasteiger partial charge is 0.548 e. The minimum absolute atomic E-state index is 0.00202. The molecule has 1 N–H and O–H groups in total. The monoisotopic (exact) mass is 290 g/mol. The van der Waals surface area contributed by atoms with Crippen LogP contribution in [0.5, 0.6) is 0 Å². The molecular formula is C14H12NO4S-. The van der Waals surface area contributed by atoms with Crippen molar-refractivity contribution in [2.24, 2.45) is 0 Å². The Morgan fingerprint density at radius 1 is 0.950 bits per heavy atom. The van der Waals surface area contributed by atoms with E-state index in [0.717, 1.165) is 0 Å². The van der Waals surface area contributed by atoms with Crippen molar-refractivity contribution in [2.45, 2.75) is 10.9 Å². The van der Waals surface area contributed by atoms with Crippen molar-refractivity contribution in [3.63, 3.8) is 0 Å². The molecule has 20 heavy (non-hydrogen) atoms. The first-order chi connectivity index (χ1) is 9.50. The maximum absolute atomic E-state index is 12.1. The Bertz CT molecular complexity index is 684. The minimum atomic E-state index is -3.92. The second kappa shape index (κ2) is 5.85. The Morgan fingerprint density at radius 2 is 1.45 bits per heavy atom. The molecule has 6 heteroatoms. The van der Waals surface area contributed by atoms with Gasteiger partial charge in [-0.2, -0.15) is 4.72 Å². The first-order valence-electron chi connectivity index (χ1n) is 5.84. The van der Waals surface area contributed by atoms with Gasteiger partial charge in [-0.1, -0.05) is 48.5 Å². The summed E-state index contributed by atoms with van der Waals surface area (Å²) < 4.78 is 26.4. The summed E-state index contributed by atoms with van der Waals surface area (Å²) in [5.41, 5.74) is 0.312. The molecule has 1 atom stereocenters. The number of hydrogen-bond acceptors (Lipinski definition) is 4. The van der Waals surface area contributed by atoms with Gasteiger partial charge in [0.1, 0.15) is 0 Å². The zero-order valence-corrected chi connectivity index (χ0v) is 11.2. The third-order valence-corrected chi connectivity index (χ3v) is 4.13. The van der Waals surface area contributed by atoms with Crippen LogP contribution in [0.3, 0.4) is 0 Å². The SMILES string of the molecule is O=C([O-])[C@@H](NS(=O)(=O)c1ccccc1)c1ccccc1. The van der Waals surface area contributed by atoms with Gasteiger partial charge in [0.15, 0.2) is 0 Å². The Labute approximate surface area is 116 Å². The van der Waals surface area contributed by atoms with E-state index in [1.165, 1.54) is 24.3 Å². The first-order valence-corrected chi connectivity index (χ1v) is 7.32. The highest BCUT2D eigenvalue weighted by atomic mass is 32.2. The van der Waals surface area contributed by atoms with E-state index < -0.39 is 22.0 Å². The molecule has 104 valence electrons. The lowest BCUT2D eigenvalue weighted by molar-refractivity contribution is -0.308. The van der Waals surface area contributed by atoms with Crippen LogP contribution in [-0.4, -0.2) is 14.4 Å². The van der Waals surface area contributed by atoms with Gasteiger partial charge in [0.05, 0.1) is 16.9 Å². The second-order valence-electron chi connectivity index (χ2n) is 4.10. The number of rotatable bonds is 5. The average molecular weight is 290 g/mol. The highest BCUT2D eigenvalue weighted by molar-refractivity contribution is 7.89. The van der Waals surface area contributed by atoms with Gasteiger partial charge in [0.25, 0.3) is 0 Å². The van der Waals surface area contributed by atoms with Crippen molar-refractivity contribution >= 4 is 16.0 Å². The quantitative estimate of drug-likeness (QED) is 0.866. The van der Waals surface area contributed by atoms with E-state index >= 15 is 0 Å². The van der Waals surface area contributed by atoms with E-state index in [4.69, 9.17) is 0 Å². The smallest absolute Gasteiger partial charge is 0.241 e. The Balaban J connectivity index is 2.33. The molecule has 0 aromatic heterocycles. The molecule has 0 heterocycles. The molecule has 0 bridgehead atoms. The van der Waals surface area contributed by atoms with E-state index in [-0.39, 0.29) is 4.90 Å². The summed E-state index contributed by atoms with van der Waals surface area (Å²) in [6.45, 7) is 0. The molecule has 0 aliphatic carbocycles. The maximum atomic E-state index is 12.1. The lowest BCUT2D eigenvalue weighted by atomic mass is 10.1. The topological polar surface area (TPSA) is 86.3 Å². The molecule has 5 nitrogen and oxygen atoms in total. The summed E-state index contributed by atoms with van der Waals surface area (Å²) >= 11 is 0. The molecule has 0 saturated carbocycles. The second-order valence-corrected chi connectivity index (χ2v) is 5.81. The third kappa shape index (κ3) is 3.23. The van der Waals surface area contributed by atoms with Crippen LogP contribution in [0.15, 0.2) is 65.6 Å². The van der Waals surface area contributed by atoms with Crippen molar-refractivity contribution in [3.05, 3.63) is 66.2 Å². The maximum Gasteiger partial charge on any atom is 0.241 e. The molecule has 0 unspecified atom stereocenters. The number of aliphatic carboxylic acids is 1. The number of benzene rings is 2. The van der Waals surface area contributed by atoms with Gasteiger partial charge in [-0.15, -0.1) is 0 Å². The molecule has 0 fully saturated rings. The average Bonchev–Trinajstić information content (AvgIpc) is 2.46. The zero-order chi connectivity index (χ0) is 14.6. The van der Waals surface area contributed by atoms with E-state index in [9.17, 15) is 18.3 Å². The van der Waals surface area contributed by atoms with E-state index in [2.05, 4.69) is 4.72 Å². The summed E-state index contributed by atoms with van der Waals surface area (Å²) in [5.74, 6) is -1.50. The molecule has 2 rings (SSSR count). The molecule has 0 aliphatic heterocycles. The fraction of sp³-hybridized carbons (Fsp3) is 0.0714. The summed E-state index contributed by atoms with van der Waals surface area (Å²) in [5, 5.41) is 11.2. The van der Waals surface area contributed by atoms with Gasteiger partial charge < -0.3 is 9.90 Å². The van der Waals surface area contributed by atoms with E-state index in [1.807, 2.05) is 0 Å². The lowest BCUT2D eigenvalue weighted by Gasteiger charge is -2.20. The number of nitrogens with one attached hydrogen (secondary N) is 1. The molecule has 2 aromatic carbocycles. The predicted molar refractivity (Wildman–Crippen MR) is 71.0 cm³/mol. The fourth-order valence-electron chi connectivity index (χ4n) is 1.72. The Hall–Kier alpha value is -2.18. The summed E-state index contributed by atoms with van der Waals surface area (Å²) in [7, 11) is -3.92. The van der Waals surface area contributed by atoms with Crippen molar-refractivity contribution in [1.82, 2.24) is 4.72 Å². The number of sulfonamides is 1. The predicted octanol–water partition coefficient (Wildman–Crippen LogP) is 0.456. The van der Waals surface area contributed by atoms with Gasteiger partial charge in [-0.05, 0) is 17.7 Å². The highest BCUT2D eigenvalue weighted by Gasteiger charge is 2.21. The van der Waals surface area contributed by atoms with Crippen LogP contribution in [0.25, 0.3) is 0 Å². The van der Waals surface area contributed by atoms with Gasteiger partial charge >= 0.3 is 0 Å². The van der Waals surface area contributed by atoms with Crippen LogP contribution < -0.4 is 9.83 Å². The lowest BCUT2D eigenvalue weighted by Crippen LogP contribution is -2.41. The molecule has 0 radical (unpaired) electrons. The zero-order valence-electron chi connectivity index (χ0n) is 10.4. The third-order valence-electron chi connectivity index (χ3n) is 2.70. The molecule has 0 saturated heterocycles.